The predicted octanol–water partition coefficient (Wildman–Crippen LogP) is 6.70. The van der Waals surface area contributed by atoms with Crippen LogP contribution in [0.1, 0.15) is 36.8 Å². The van der Waals surface area contributed by atoms with Gasteiger partial charge in [-0.1, -0.05) is 52.5 Å². The average molecular weight is 587 g/mol. The van der Waals surface area contributed by atoms with Gasteiger partial charge in [0.05, 0.1) is 11.4 Å². The van der Waals surface area contributed by atoms with Crippen LogP contribution in [0.4, 0.5) is 4.79 Å². The lowest BCUT2D eigenvalue weighted by atomic mass is 10.1. The van der Waals surface area contributed by atoms with Gasteiger partial charge in [-0.3, -0.25) is 19.3 Å². The van der Waals surface area contributed by atoms with E-state index < -0.39 is 0 Å². The SMILES string of the molecule is O=C(Cn1cc(/C=C2\SC(=O)N(Cc3ccc(Cl)cc3)C2=O)c2cc(Br)ccc21)N1CCCCCC1. The Kier molecular flexibility index (Phi) is 7.55. The van der Waals surface area contributed by atoms with Crippen molar-refractivity contribution in [1.29, 1.82) is 0 Å². The zero-order valence-corrected chi connectivity index (χ0v) is 22.7. The molecule has 9 heteroatoms. The summed E-state index contributed by atoms with van der Waals surface area (Å²) >= 11 is 10.4. The van der Waals surface area contributed by atoms with Crippen LogP contribution in [0.5, 0.6) is 0 Å². The quantitative estimate of drug-likeness (QED) is 0.312. The van der Waals surface area contributed by atoms with Gasteiger partial charge < -0.3 is 9.47 Å². The van der Waals surface area contributed by atoms with Crippen molar-refractivity contribution in [1.82, 2.24) is 14.4 Å². The third kappa shape index (κ3) is 5.41. The third-order valence-electron chi connectivity index (χ3n) is 6.55. The number of amides is 3. The number of benzene rings is 2. The van der Waals surface area contributed by atoms with Gasteiger partial charge in [0.2, 0.25) is 5.91 Å². The minimum absolute atomic E-state index is 0.103. The number of thioether (sulfide) groups is 1. The van der Waals surface area contributed by atoms with Gasteiger partial charge in [-0.2, -0.15) is 0 Å². The van der Waals surface area contributed by atoms with E-state index in [0.29, 0.717) is 9.93 Å². The van der Waals surface area contributed by atoms with Gasteiger partial charge in [-0.25, -0.2) is 0 Å². The Morgan fingerprint density at radius 2 is 1.75 bits per heavy atom. The molecule has 2 aromatic carbocycles. The maximum atomic E-state index is 13.1. The number of hydrogen-bond donors (Lipinski definition) is 0. The molecule has 0 spiro atoms. The summed E-state index contributed by atoms with van der Waals surface area (Å²) in [6, 6.07) is 13.0. The van der Waals surface area contributed by atoms with E-state index in [9.17, 15) is 14.4 Å². The Hall–Kier alpha value is -2.55. The summed E-state index contributed by atoms with van der Waals surface area (Å²) in [5.41, 5.74) is 2.54. The van der Waals surface area contributed by atoms with Crippen molar-refractivity contribution in [2.24, 2.45) is 0 Å². The minimum Gasteiger partial charge on any atom is -0.341 e. The van der Waals surface area contributed by atoms with Crippen LogP contribution in [0.15, 0.2) is 58.0 Å². The van der Waals surface area contributed by atoms with E-state index in [0.717, 1.165) is 64.2 Å². The maximum Gasteiger partial charge on any atom is 0.293 e. The van der Waals surface area contributed by atoms with E-state index in [1.165, 1.54) is 17.7 Å². The molecule has 5 rings (SSSR count). The van der Waals surface area contributed by atoms with Gasteiger partial charge in [0.1, 0.15) is 6.54 Å². The topological polar surface area (TPSA) is 62.6 Å². The van der Waals surface area contributed by atoms with E-state index in [-0.39, 0.29) is 30.1 Å². The zero-order valence-electron chi connectivity index (χ0n) is 19.6. The van der Waals surface area contributed by atoms with Gasteiger partial charge in [0, 0.05) is 45.2 Å². The monoisotopic (exact) mass is 585 g/mol. The van der Waals surface area contributed by atoms with Crippen LogP contribution in [0.2, 0.25) is 5.02 Å². The molecular weight excluding hydrogens is 562 g/mol. The summed E-state index contributed by atoms with van der Waals surface area (Å²) in [7, 11) is 0. The predicted molar refractivity (Wildman–Crippen MR) is 148 cm³/mol. The molecule has 186 valence electrons. The largest absolute Gasteiger partial charge is 0.341 e. The first-order chi connectivity index (χ1) is 17.4. The highest BCUT2D eigenvalue weighted by molar-refractivity contribution is 9.10. The van der Waals surface area contributed by atoms with Crippen molar-refractivity contribution >= 4 is 73.3 Å². The Bertz CT molecular complexity index is 1360. The summed E-state index contributed by atoms with van der Waals surface area (Å²) in [6.07, 6.45) is 8.09. The molecule has 36 heavy (non-hydrogen) atoms. The van der Waals surface area contributed by atoms with Crippen LogP contribution in [-0.2, 0) is 22.7 Å². The van der Waals surface area contributed by atoms with Gasteiger partial charge >= 0.3 is 0 Å². The number of carbonyl (C=O) groups excluding carboxylic acids is 3. The highest BCUT2D eigenvalue weighted by Crippen LogP contribution is 2.35. The van der Waals surface area contributed by atoms with Gasteiger partial charge in [-0.15, -0.1) is 0 Å². The molecule has 3 aromatic rings. The molecule has 0 radical (unpaired) electrons. The number of halogens is 2. The highest BCUT2D eigenvalue weighted by Gasteiger charge is 2.35. The van der Waals surface area contributed by atoms with E-state index in [1.54, 1.807) is 18.2 Å². The minimum atomic E-state index is -0.323. The average Bonchev–Trinajstić information content (AvgIpc) is 3.16. The number of carbonyl (C=O) groups is 3. The smallest absolute Gasteiger partial charge is 0.293 e. The van der Waals surface area contributed by atoms with E-state index in [2.05, 4.69) is 15.9 Å². The third-order valence-corrected chi connectivity index (χ3v) is 8.21. The van der Waals surface area contributed by atoms with Gasteiger partial charge in [-0.05, 0) is 66.6 Å². The van der Waals surface area contributed by atoms with Crippen molar-refractivity contribution in [2.75, 3.05) is 13.1 Å². The normalized spacial score (nSPS) is 17.9. The van der Waals surface area contributed by atoms with Gasteiger partial charge in [0.15, 0.2) is 0 Å². The first-order valence-electron chi connectivity index (χ1n) is 11.9. The van der Waals surface area contributed by atoms with Gasteiger partial charge in [0.25, 0.3) is 11.1 Å². The molecule has 3 amide bonds. The van der Waals surface area contributed by atoms with Crippen LogP contribution < -0.4 is 0 Å². The van der Waals surface area contributed by atoms with Crippen molar-refractivity contribution in [2.45, 2.75) is 38.8 Å². The summed E-state index contributed by atoms with van der Waals surface area (Å²) in [6.45, 7) is 2.04. The van der Waals surface area contributed by atoms with E-state index >= 15 is 0 Å². The number of nitrogens with zero attached hydrogens (tertiary/aromatic N) is 3. The van der Waals surface area contributed by atoms with Crippen LogP contribution in [0.25, 0.3) is 17.0 Å². The summed E-state index contributed by atoms with van der Waals surface area (Å²) in [5.74, 6) is -0.219. The molecule has 0 aliphatic carbocycles. The number of imide groups is 1. The number of likely N-dealkylation sites (tertiary alicyclic amines) is 1. The van der Waals surface area contributed by atoms with Crippen molar-refractivity contribution in [3.8, 4) is 0 Å². The van der Waals surface area contributed by atoms with Crippen LogP contribution >= 0.6 is 39.3 Å². The van der Waals surface area contributed by atoms with Crippen LogP contribution in [0.3, 0.4) is 0 Å². The first kappa shape index (κ1) is 25.1. The lowest BCUT2D eigenvalue weighted by Crippen LogP contribution is -2.34. The zero-order chi connectivity index (χ0) is 25.2. The molecule has 0 unspecified atom stereocenters. The van der Waals surface area contributed by atoms with E-state index in [1.807, 2.05) is 46.0 Å². The lowest BCUT2D eigenvalue weighted by molar-refractivity contribution is -0.131. The molecular formula is C27H25BrClN3O3S. The number of aromatic nitrogens is 1. The molecule has 2 aliphatic rings. The second-order valence-corrected chi connectivity index (χ2v) is 11.4. The van der Waals surface area contributed by atoms with Crippen molar-refractivity contribution in [3.63, 3.8) is 0 Å². The molecule has 6 nitrogen and oxygen atoms in total. The fraction of sp³-hybridized carbons (Fsp3) is 0.296. The molecule has 0 bridgehead atoms. The lowest BCUT2D eigenvalue weighted by Gasteiger charge is -2.20. The Labute approximate surface area is 227 Å². The molecule has 2 saturated heterocycles. The van der Waals surface area contributed by atoms with E-state index in [4.69, 9.17) is 11.6 Å². The molecule has 3 heterocycles. The molecule has 0 atom stereocenters. The first-order valence-corrected chi connectivity index (χ1v) is 13.9. The van der Waals surface area contributed by atoms with Crippen LogP contribution in [0, 0.1) is 0 Å². The maximum absolute atomic E-state index is 13.1. The molecule has 0 N–H and O–H groups in total. The fourth-order valence-corrected chi connectivity index (χ4v) is 5.97. The number of hydrogen-bond acceptors (Lipinski definition) is 4. The fourth-order valence-electron chi connectivity index (χ4n) is 4.66. The summed E-state index contributed by atoms with van der Waals surface area (Å²) < 4.78 is 2.84. The summed E-state index contributed by atoms with van der Waals surface area (Å²) in [4.78, 5) is 42.5. The Balaban J connectivity index is 1.42. The molecule has 2 aliphatic heterocycles. The van der Waals surface area contributed by atoms with Crippen molar-refractivity contribution in [3.05, 3.63) is 74.2 Å². The Morgan fingerprint density at radius 1 is 1.03 bits per heavy atom. The molecule has 0 saturated carbocycles. The molecule has 1 aromatic heterocycles. The standard InChI is InChI=1S/C27H25BrClN3O3S/c28-20-7-10-23-22(14-20)19(16-31(23)17-25(33)30-11-3-1-2-4-12-30)13-24-26(34)32(27(35)36-24)15-18-5-8-21(29)9-6-18/h5-10,13-14,16H,1-4,11-12,15,17H2/b24-13-. The second-order valence-electron chi connectivity index (χ2n) is 9.06. The van der Waals surface area contributed by atoms with Crippen LogP contribution in [-0.4, -0.2) is 44.5 Å². The Morgan fingerprint density at radius 3 is 2.47 bits per heavy atom. The second kappa shape index (κ2) is 10.8. The van der Waals surface area contributed by atoms with Crippen molar-refractivity contribution < 1.29 is 14.4 Å². The number of fused-ring (bicyclic) bond motifs is 1. The summed E-state index contributed by atoms with van der Waals surface area (Å²) in [5, 5.41) is 1.21. The number of rotatable bonds is 5. The highest BCUT2D eigenvalue weighted by atomic mass is 79.9. The molecule has 2 fully saturated rings.